The van der Waals surface area contributed by atoms with Crippen LogP contribution in [0.15, 0.2) is 13.6 Å². The van der Waals surface area contributed by atoms with Gasteiger partial charge in [-0.15, -0.1) is 17.3 Å². The topological polar surface area (TPSA) is 12.0 Å². The second-order valence-electron chi connectivity index (χ2n) is 4.88. The zero-order valence-corrected chi connectivity index (χ0v) is 14.5. The molecule has 1 unspecified atom stereocenters. The minimum atomic E-state index is 0.0742. The van der Waals surface area contributed by atoms with Crippen molar-refractivity contribution in [3.05, 3.63) is 19.2 Å². The monoisotopic (exact) mass is 377 g/mol. The largest absolute Gasteiger partial charge is 0.312 e. The van der Waals surface area contributed by atoms with E-state index in [1.165, 1.54) is 9.35 Å². The Morgan fingerprint density at radius 3 is 2.47 bits per heavy atom. The van der Waals surface area contributed by atoms with Gasteiger partial charge in [-0.25, -0.2) is 0 Å². The van der Waals surface area contributed by atoms with Gasteiger partial charge in [0.1, 0.15) is 0 Å². The van der Waals surface area contributed by atoms with Crippen LogP contribution < -0.4 is 5.32 Å². The third kappa shape index (κ3) is 5.13. The van der Waals surface area contributed by atoms with Crippen molar-refractivity contribution in [1.29, 1.82) is 0 Å². The van der Waals surface area contributed by atoms with Crippen molar-refractivity contribution >= 4 is 43.2 Å². The van der Waals surface area contributed by atoms with Gasteiger partial charge in [0.2, 0.25) is 0 Å². The van der Waals surface area contributed by atoms with E-state index in [9.17, 15) is 0 Å². The molecule has 1 heterocycles. The Balaban J connectivity index is 2.79. The molecule has 0 saturated carbocycles. The summed E-state index contributed by atoms with van der Waals surface area (Å²) in [6.07, 6.45) is 0.829. The molecule has 0 amide bonds. The minimum Gasteiger partial charge on any atom is -0.312 e. The molecule has 1 atom stereocenters. The van der Waals surface area contributed by atoms with Crippen molar-refractivity contribution in [2.45, 2.75) is 33.2 Å². The summed E-state index contributed by atoms with van der Waals surface area (Å²) in [5.74, 6) is 6.54. The summed E-state index contributed by atoms with van der Waals surface area (Å²) >= 11 is 8.79. The van der Waals surface area contributed by atoms with Crippen molar-refractivity contribution < 1.29 is 0 Å². The molecule has 94 valence electrons. The average Bonchev–Trinajstić information content (AvgIpc) is 2.51. The molecule has 17 heavy (non-hydrogen) atoms. The van der Waals surface area contributed by atoms with Crippen LogP contribution in [0.25, 0.3) is 0 Å². The summed E-state index contributed by atoms with van der Waals surface area (Å²) in [7, 11) is 1.97. The molecule has 0 aliphatic heterocycles. The smallest absolute Gasteiger partial charge is 0.0758 e. The standard InChI is InChI=1S/C13H17Br2NS/c1-13(2,3)7-5-6-10(16-4)9-8-11(14)17-12(9)15/h8,10,16H,6H2,1-4H3. The minimum absolute atomic E-state index is 0.0742. The molecule has 1 nitrogen and oxygen atoms in total. The van der Waals surface area contributed by atoms with Gasteiger partial charge in [0.25, 0.3) is 0 Å². The lowest BCUT2D eigenvalue weighted by atomic mass is 9.97. The van der Waals surface area contributed by atoms with Crippen molar-refractivity contribution in [2.75, 3.05) is 7.05 Å². The highest BCUT2D eigenvalue weighted by atomic mass is 79.9. The normalized spacial score (nSPS) is 13.1. The van der Waals surface area contributed by atoms with E-state index in [1.54, 1.807) is 11.3 Å². The molecular formula is C13H17Br2NS. The van der Waals surface area contributed by atoms with Crippen LogP contribution in [-0.4, -0.2) is 7.05 Å². The molecule has 0 bridgehead atoms. The van der Waals surface area contributed by atoms with E-state index in [-0.39, 0.29) is 11.5 Å². The Morgan fingerprint density at radius 2 is 2.06 bits per heavy atom. The number of rotatable bonds is 3. The Kier molecular flexibility index (Phi) is 5.72. The first kappa shape index (κ1) is 15.2. The van der Waals surface area contributed by atoms with E-state index in [1.807, 2.05) is 7.05 Å². The maximum Gasteiger partial charge on any atom is 0.0758 e. The van der Waals surface area contributed by atoms with Crippen molar-refractivity contribution in [2.24, 2.45) is 5.41 Å². The first-order valence-electron chi connectivity index (χ1n) is 5.45. The van der Waals surface area contributed by atoms with Crippen LogP contribution in [0.3, 0.4) is 0 Å². The molecule has 0 saturated heterocycles. The molecule has 0 spiro atoms. The number of thiophene rings is 1. The highest BCUT2D eigenvalue weighted by molar-refractivity contribution is 9.12. The zero-order valence-electron chi connectivity index (χ0n) is 10.5. The average molecular weight is 379 g/mol. The Hall–Kier alpha value is 0.180. The molecule has 0 aliphatic rings. The Labute approximate surface area is 125 Å². The number of nitrogens with one attached hydrogen (secondary N) is 1. The van der Waals surface area contributed by atoms with Crippen LogP contribution in [0.2, 0.25) is 0 Å². The van der Waals surface area contributed by atoms with E-state index in [4.69, 9.17) is 0 Å². The van der Waals surface area contributed by atoms with Gasteiger partial charge in [0.15, 0.2) is 0 Å². The lowest BCUT2D eigenvalue weighted by Gasteiger charge is -2.13. The first-order chi connectivity index (χ1) is 7.83. The van der Waals surface area contributed by atoms with Gasteiger partial charge < -0.3 is 5.32 Å². The zero-order chi connectivity index (χ0) is 13.1. The first-order valence-corrected chi connectivity index (χ1v) is 7.86. The van der Waals surface area contributed by atoms with Crippen molar-refractivity contribution in [3.8, 4) is 11.8 Å². The highest BCUT2D eigenvalue weighted by Crippen LogP contribution is 2.36. The van der Waals surface area contributed by atoms with Gasteiger partial charge in [-0.05, 0) is 71.3 Å². The van der Waals surface area contributed by atoms with Crippen LogP contribution in [0.1, 0.15) is 38.8 Å². The van der Waals surface area contributed by atoms with Crippen LogP contribution >= 0.6 is 43.2 Å². The fourth-order valence-electron chi connectivity index (χ4n) is 1.38. The quantitative estimate of drug-likeness (QED) is 0.732. The third-order valence-electron chi connectivity index (χ3n) is 2.18. The van der Waals surface area contributed by atoms with Crippen molar-refractivity contribution in [3.63, 3.8) is 0 Å². The predicted octanol–water partition coefficient (Wildman–Crippen LogP) is 4.97. The fourth-order valence-corrected chi connectivity index (χ4v) is 4.35. The second kappa shape index (κ2) is 6.38. The van der Waals surface area contributed by atoms with Gasteiger partial charge in [0, 0.05) is 17.9 Å². The predicted molar refractivity (Wildman–Crippen MR) is 83.4 cm³/mol. The lowest BCUT2D eigenvalue weighted by molar-refractivity contribution is 0.566. The van der Waals surface area contributed by atoms with Gasteiger partial charge >= 0.3 is 0 Å². The SMILES string of the molecule is CNC(CC#CC(C)(C)C)c1cc(Br)sc1Br. The molecule has 1 rings (SSSR count). The van der Waals surface area contributed by atoms with Crippen molar-refractivity contribution in [1.82, 2.24) is 5.32 Å². The van der Waals surface area contributed by atoms with Crippen LogP contribution in [-0.2, 0) is 0 Å². The highest BCUT2D eigenvalue weighted by Gasteiger charge is 2.14. The maximum atomic E-state index is 3.59. The summed E-state index contributed by atoms with van der Waals surface area (Å²) in [5, 5.41) is 3.31. The number of halogens is 2. The summed E-state index contributed by atoms with van der Waals surface area (Å²) in [4.78, 5) is 0. The molecule has 0 radical (unpaired) electrons. The molecule has 0 fully saturated rings. The Morgan fingerprint density at radius 1 is 1.41 bits per heavy atom. The number of hydrogen-bond acceptors (Lipinski definition) is 2. The van der Waals surface area contributed by atoms with E-state index < -0.39 is 0 Å². The van der Waals surface area contributed by atoms with E-state index in [2.05, 4.69) is 75.9 Å². The molecule has 1 N–H and O–H groups in total. The lowest BCUT2D eigenvalue weighted by Crippen LogP contribution is -2.15. The van der Waals surface area contributed by atoms with Crippen LogP contribution in [0.5, 0.6) is 0 Å². The molecular weight excluding hydrogens is 362 g/mol. The van der Waals surface area contributed by atoms with Gasteiger partial charge in [-0.2, -0.15) is 0 Å². The Bertz CT molecular complexity index is 434. The van der Waals surface area contributed by atoms with Gasteiger partial charge in [-0.1, -0.05) is 5.92 Å². The van der Waals surface area contributed by atoms with Gasteiger partial charge in [0.05, 0.1) is 7.57 Å². The summed E-state index contributed by atoms with van der Waals surface area (Å²) in [6, 6.07) is 2.43. The fraction of sp³-hybridized carbons (Fsp3) is 0.538. The van der Waals surface area contributed by atoms with E-state index >= 15 is 0 Å². The second-order valence-corrected chi connectivity index (χ2v) is 8.63. The number of hydrogen-bond donors (Lipinski definition) is 1. The summed E-state index contributed by atoms with van der Waals surface area (Å²) < 4.78 is 2.31. The van der Waals surface area contributed by atoms with Crippen LogP contribution in [0, 0.1) is 17.3 Å². The summed E-state index contributed by atoms with van der Waals surface area (Å²) in [5.41, 5.74) is 1.35. The molecule has 0 aromatic carbocycles. The molecule has 0 aliphatic carbocycles. The summed E-state index contributed by atoms with van der Waals surface area (Å²) in [6.45, 7) is 6.39. The van der Waals surface area contributed by atoms with Gasteiger partial charge in [-0.3, -0.25) is 0 Å². The molecule has 1 aromatic heterocycles. The van der Waals surface area contributed by atoms with Crippen LogP contribution in [0.4, 0.5) is 0 Å². The maximum absolute atomic E-state index is 3.59. The third-order valence-corrected chi connectivity index (χ3v) is 4.56. The van der Waals surface area contributed by atoms with E-state index in [0.717, 1.165) is 10.2 Å². The molecule has 4 heteroatoms. The molecule has 1 aromatic rings. The van der Waals surface area contributed by atoms with E-state index in [0.29, 0.717) is 0 Å².